The maximum absolute atomic E-state index is 12.8. The summed E-state index contributed by atoms with van der Waals surface area (Å²) in [5.41, 5.74) is 1.15. The summed E-state index contributed by atoms with van der Waals surface area (Å²) in [7, 11) is 0. The van der Waals surface area contributed by atoms with Crippen LogP contribution in [0.3, 0.4) is 0 Å². The smallest absolute Gasteiger partial charge is 0.237 e. The van der Waals surface area contributed by atoms with Crippen LogP contribution >= 0.6 is 0 Å². The molecule has 3 heterocycles. The molecular formula is C20H31N3O2. The molecule has 1 aromatic rings. The summed E-state index contributed by atoms with van der Waals surface area (Å²) in [5.74, 6) is 0.795. The van der Waals surface area contributed by atoms with E-state index in [1.165, 1.54) is 0 Å². The lowest BCUT2D eigenvalue weighted by atomic mass is 9.74. The van der Waals surface area contributed by atoms with E-state index in [0.29, 0.717) is 5.92 Å². The van der Waals surface area contributed by atoms with Crippen molar-refractivity contribution in [1.82, 2.24) is 15.2 Å². The molecule has 1 unspecified atom stereocenters. The first-order valence-corrected chi connectivity index (χ1v) is 9.56. The highest BCUT2D eigenvalue weighted by Gasteiger charge is 2.34. The van der Waals surface area contributed by atoms with Crippen molar-refractivity contribution in [2.45, 2.75) is 52.1 Å². The van der Waals surface area contributed by atoms with Crippen LogP contribution in [0.25, 0.3) is 0 Å². The number of likely N-dealkylation sites (tertiary alicyclic amines) is 1. The minimum atomic E-state index is -0.0208. The van der Waals surface area contributed by atoms with Crippen molar-refractivity contribution in [3.8, 4) is 0 Å². The first kappa shape index (κ1) is 18.3. The summed E-state index contributed by atoms with van der Waals surface area (Å²) >= 11 is 0. The first-order chi connectivity index (χ1) is 12.1. The number of hydrogen-bond donors (Lipinski definition) is 1. The molecule has 1 atom stereocenters. The molecule has 138 valence electrons. The molecule has 1 N–H and O–H groups in total. The monoisotopic (exact) mass is 345 g/mol. The van der Waals surface area contributed by atoms with Gasteiger partial charge < -0.3 is 10.1 Å². The van der Waals surface area contributed by atoms with Crippen LogP contribution in [0.4, 0.5) is 0 Å². The summed E-state index contributed by atoms with van der Waals surface area (Å²) in [6.45, 7) is 8.70. The van der Waals surface area contributed by atoms with Crippen molar-refractivity contribution < 1.29 is 9.53 Å². The van der Waals surface area contributed by atoms with Gasteiger partial charge in [-0.2, -0.15) is 0 Å². The molecule has 2 fully saturated rings. The zero-order chi connectivity index (χ0) is 17.7. The van der Waals surface area contributed by atoms with E-state index in [-0.39, 0.29) is 17.4 Å². The number of aromatic nitrogens is 1. The average molecular weight is 345 g/mol. The Balaban J connectivity index is 1.53. The highest BCUT2D eigenvalue weighted by molar-refractivity contribution is 5.82. The van der Waals surface area contributed by atoms with Crippen LogP contribution in [0.15, 0.2) is 24.4 Å². The summed E-state index contributed by atoms with van der Waals surface area (Å²) in [4.78, 5) is 19.4. The Kier molecular flexibility index (Phi) is 6.07. The lowest BCUT2D eigenvalue weighted by Crippen LogP contribution is -2.47. The predicted molar refractivity (Wildman–Crippen MR) is 98.0 cm³/mol. The van der Waals surface area contributed by atoms with E-state index in [2.05, 4.69) is 29.0 Å². The van der Waals surface area contributed by atoms with Crippen LogP contribution in [0.2, 0.25) is 0 Å². The minimum absolute atomic E-state index is 0.0208. The molecule has 5 nitrogen and oxygen atoms in total. The molecule has 2 aliphatic rings. The van der Waals surface area contributed by atoms with E-state index >= 15 is 0 Å². The fraction of sp³-hybridized carbons (Fsp3) is 0.700. The maximum atomic E-state index is 12.8. The third-order valence-corrected chi connectivity index (χ3v) is 5.80. The van der Waals surface area contributed by atoms with Crippen LogP contribution in [-0.2, 0) is 16.1 Å². The Morgan fingerprint density at radius 3 is 2.84 bits per heavy atom. The quantitative estimate of drug-likeness (QED) is 0.861. The minimum Gasteiger partial charge on any atom is -0.381 e. The van der Waals surface area contributed by atoms with E-state index < -0.39 is 0 Å². The van der Waals surface area contributed by atoms with Gasteiger partial charge in [-0.1, -0.05) is 19.9 Å². The number of hydrogen-bond acceptors (Lipinski definition) is 4. The Labute approximate surface area is 151 Å². The number of carbonyl (C=O) groups excluding carboxylic acids is 1. The number of rotatable bonds is 6. The number of nitrogens with zero attached hydrogens (tertiary/aromatic N) is 2. The Hall–Kier alpha value is -1.46. The van der Waals surface area contributed by atoms with Crippen molar-refractivity contribution in [3.05, 3.63) is 30.1 Å². The van der Waals surface area contributed by atoms with Gasteiger partial charge in [-0.15, -0.1) is 0 Å². The highest BCUT2D eigenvalue weighted by atomic mass is 16.5. The van der Waals surface area contributed by atoms with Gasteiger partial charge in [0.2, 0.25) is 5.91 Å². The molecule has 25 heavy (non-hydrogen) atoms. The van der Waals surface area contributed by atoms with Gasteiger partial charge in [0.1, 0.15) is 0 Å². The molecule has 0 radical (unpaired) electrons. The molecule has 2 saturated heterocycles. The lowest BCUT2D eigenvalue weighted by molar-refractivity contribution is -0.126. The van der Waals surface area contributed by atoms with E-state index in [1.807, 2.05) is 24.4 Å². The number of pyridine rings is 1. The Morgan fingerprint density at radius 1 is 1.32 bits per heavy atom. The third kappa shape index (κ3) is 4.79. The normalized spacial score (nSPS) is 22.9. The van der Waals surface area contributed by atoms with E-state index in [9.17, 15) is 4.79 Å². The molecular weight excluding hydrogens is 314 g/mol. The fourth-order valence-electron chi connectivity index (χ4n) is 4.07. The summed E-state index contributed by atoms with van der Waals surface area (Å²) < 4.78 is 5.47. The molecule has 0 aromatic carbocycles. The van der Waals surface area contributed by atoms with Crippen molar-refractivity contribution in [2.75, 3.05) is 26.3 Å². The maximum Gasteiger partial charge on any atom is 0.237 e. The van der Waals surface area contributed by atoms with Gasteiger partial charge in [-0.25, -0.2) is 0 Å². The van der Waals surface area contributed by atoms with Crippen molar-refractivity contribution in [3.63, 3.8) is 0 Å². The van der Waals surface area contributed by atoms with Gasteiger partial charge in [0.15, 0.2) is 0 Å². The number of ether oxygens (including phenoxy) is 1. The summed E-state index contributed by atoms with van der Waals surface area (Å²) in [6.07, 6.45) is 6.03. The second-order valence-electron chi connectivity index (χ2n) is 8.04. The summed E-state index contributed by atoms with van der Waals surface area (Å²) in [5, 5.41) is 3.24. The molecule has 0 bridgehead atoms. The number of amides is 1. The second-order valence-corrected chi connectivity index (χ2v) is 8.04. The molecule has 5 heteroatoms. The van der Waals surface area contributed by atoms with E-state index in [1.54, 1.807) is 0 Å². The van der Waals surface area contributed by atoms with Gasteiger partial charge in [0, 0.05) is 32.5 Å². The Bertz CT molecular complexity index is 555. The zero-order valence-electron chi connectivity index (χ0n) is 15.5. The first-order valence-electron chi connectivity index (χ1n) is 9.56. The lowest BCUT2D eigenvalue weighted by Gasteiger charge is -2.37. The predicted octanol–water partition coefficient (Wildman–Crippen LogP) is 2.62. The standard InChI is InChI=1S/C20H31N3O2/c1-20(2,16-8-12-25-13-9-16)15-22-19(24)18-7-5-11-23(18)14-17-6-3-4-10-21-17/h3-4,6,10,16,18H,5,7-9,11-15H2,1-2H3,(H,22,24). The van der Waals surface area contributed by atoms with Gasteiger partial charge in [0.05, 0.1) is 11.7 Å². The fourth-order valence-corrected chi connectivity index (χ4v) is 4.07. The SMILES string of the molecule is CC(C)(CNC(=O)C1CCCN1Cc1ccccn1)C1CCOCC1. The van der Waals surface area contributed by atoms with Gasteiger partial charge in [0.25, 0.3) is 0 Å². The van der Waals surface area contributed by atoms with Crippen LogP contribution in [0.5, 0.6) is 0 Å². The van der Waals surface area contributed by atoms with E-state index in [4.69, 9.17) is 4.74 Å². The highest BCUT2D eigenvalue weighted by Crippen LogP contribution is 2.33. The van der Waals surface area contributed by atoms with E-state index in [0.717, 1.165) is 64.2 Å². The van der Waals surface area contributed by atoms with Crippen LogP contribution < -0.4 is 5.32 Å². The zero-order valence-corrected chi connectivity index (χ0v) is 15.5. The molecule has 0 saturated carbocycles. The molecule has 0 aliphatic carbocycles. The number of carbonyl (C=O) groups is 1. The molecule has 1 amide bonds. The van der Waals surface area contributed by atoms with Crippen LogP contribution in [0.1, 0.15) is 45.2 Å². The van der Waals surface area contributed by atoms with Crippen molar-refractivity contribution in [2.24, 2.45) is 11.3 Å². The van der Waals surface area contributed by atoms with Crippen molar-refractivity contribution >= 4 is 5.91 Å². The average Bonchev–Trinajstić information content (AvgIpc) is 3.09. The Morgan fingerprint density at radius 2 is 2.12 bits per heavy atom. The van der Waals surface area contributed by atoms with Crippen molar-refractivity contribution in [1.29, 1.82) is 0 Å². The molecule has 0 spiro atoms. The van der Waals surface area contributed by atoms with Gasteiger partial charge >= 0.3 is 0 Å². The largest absolute Gasteiger partial charge is 0.381 e. The molecule has 1 aromatic heterocycles. The topological polar surface area (TPSA) is 54.5 Å². The molecule has 3 rings (SSSR count). The molecule has 2 aliphatic heterocycles. The van der Waals surface area contributed by atoms with Gasteiger partial charge in [-0.05, 0) is 55.7 Å². The summed E-state index contributed by atoms with van der Waals surface area (Å²) in [6, 6.07) is 5.94. The second kappa shape index (κ2) is 8.28. The van der Waals surface area contributed by atoms with Crippen LogP contribution in [-0.4, -0.2) is 48.1 Å². The van der Waals surface area contributed by atoms with Gasteiger partial charge in [-0.3, -0.25) is 14.7 Å². The number of nitrogens with one attached hydrogen (secondary N) is 1. The third-order valence-electron chi connectivity index (χ3n) is 5.80. The van der Waals surface area contributed by atoms with Crippen LogP contribution in [0, 0.1) is 11.3 Å².